The van der Waals surface area contributed by atoms with Crippen molar-refractivity contribution < 1.29 is 23.8 Å². The number of ether oxygens (including phenoxy) is 3. The summed E-state index contributed by atoms with van der Waals surface area (Å²) >= 11 is 0. The lowest BCUT2D eigenvalue weighted by Crippen LogP contribution is -2.07. The number of methoxy groups -OCH3 is 1. The van der Waals surface area contributed by atoms with Crippen molar-refractivity contribution in [2.75, 3.05) is 20.3 Å². The summed E-state index contributed by atoms with van der Waals surface area (Å²) in [5, 5.41) is 0. The Morgan fingerprint density at radius 1 is 1.33 bits per heavy atom. The first-order valence-corrected chi connectivity index (χ1v) is 4.76. The quantitative estimate of drug-likeness (QED) is 0.281. The van der Waals surface area contributed by atoms with Crippen molar-refractivity contribution in [3.8, 4) is 0 Å². The molecule has 1 aliphatic carbocycles. The van der Waals surface area contributed by atoms with E-state index in [1.54, 1.807) is 0 Å². The van der Waals surface area contributed by atoms with Gasteiger partial charge < -0.3 is 14.2 Å². The fourth-order valence-electron chi connectivity index (χ4n) is 0.846. The molecule has 5 heteroatoms. The molecule has 0 aliphatic heterocycles. The maximum Gasteiger partial charge on any atom is 0.333 e. The molecule has 1 fully saturated rings. The second-order valence-electron chi connectivity index (χ2n) is 3.17. The van der Waals surface area contributed by atoms with E-state index < -0.39 is 5.97 Å². The van der Waals surface area contributed by atoms with Crippen LogP contribution in [0.4, 0.5) is 0 Å². The van der Waals surface area contributed by atoms with E-state index in [9.17, 15) is 9.59 Å². The molecule has 1 aliphatic rings. The van der Waals surface area contributed by atoms with Crippen LogP contribution in [0.1, 0.15) is 12.8 Å². The highest BCUT2D eigenvalue weighted by atomic mass is 16.6. The van der Waals surface area contributed by atoms with E-state index in [2.05, 4.69) is 4.74 Å². The van der Waals surface area contributed by atoms with E-state index >= 15 is 0 Å². The van der Waals surface area contributed by atoms with E-state index in [0.717, 1.165) is 25.2 Å². The van der Waals surface area contributed by atoms with E-state index in [0.29, 0.717) is 6.61 Å². The highest BCUT2D eigenvalue weighted by Gasteiger charge is 2.30. The van der Waals surface area contributed by atoms with Gasteiger partial charge in [0.1, 0.15) is 12.9 Å². The molecule has 0 atom stereocenters. The van der Waals surface area contributed by atoms with Crippen LogP contribution in [0.5, 0.6) is 0 Å². The molecule has 0 saturated heterocycles. The van der Waals surface area contributed by atoms with Crippen LogP contribution in [0.15, 0.2) is 12.3 Å². The number of hydrogen-bond donors (Lipinski definition) is 0. The third-order valence-electron chi connectivity index (χ3n) is 1.83. The first kappa shape index (κ1) is 11.7. The average molecular weight is 214 g/mol. The summed E-state index contributed by atoms with van der Waals surface area (Å²) in [6.07, 6.45) is 3.90. The number of carbonyl (C=O) groups is 2. The molecule has 1 saturated carbocycles. The van der Waals surface area contributed by atoms with Crippen molar-refractivity contribution in [3.63, 3.8) is 0 Å². The lowest BCUT2D eigenvalue weighted by molar-refractivity contribution is -0.140. The molecule has 1 rings (SSSR count). The highest BCUT2D eigenvalue weighted by molar-refractivity contribution is 5.82. The van der Waals surface area contributed by atoms with Gasteiger partial charge in [0.05, 0.1) is 18.6 Å². The Bertz CT molecular complexity index is 255. The van der Waals surface area contributed by atoms with Crippen molar-refractivity contribution in [2.24, 2.45) is 5.92 Å². The normalized spacial score (nSPS) is 15.3. The number of hydrogen-bond acceptors (Lipinski definition) is 5. The van der Waals surface area contributed by atoms with Gasteiger partial charge in [-0.3, -0.25) is 4.79 Å². The predicted octanol–water partition coefficient (Wildman–Crippen LogP) is 0.643. The van der Waals surface area contributed by atoms with Crippen LogP contribution in [0, 0.1) is 5.92 Å². The smallest absolute Gasteiger partial charge is 0.333 e. The maximum atomic E-state index is 11.0. The van der Waals surface area contributed by atoms with Crippen molar-refractivity contribution in [2.45, 2.75) is 12.8 Å². The van der Waals surface area contributed by atoms with E-state index in [1.807, 2.05) is 0 Å². The van der Waals surface area contributed by atoms with Crippen molar-refractivity contribution in [1.82, 2.24) is 0 Å². The summed E-state index contributed by atoms with van der Waals surface area (Å²) in [4.78, 5) is 21.9. The Morgan fingerprint density at radius 3 is 2.67 bits per heavy atom. The fourth-order valence-corrected chi connectivity index (χ4v) is 0.846. The summed E-state index contributed by atoms with van der Waals surface area (Å²) in [5.41, 5.74) is 0. The summed E-state index contributed by atoms with van der Waals surface area (Å²) < 4.78 is 14.1. The summed E-state index contributed by atoms with van der Waals surface area (Å²) in [7, 11) is 1.51. The van der Waals surface area contributed by atoms with E-state index in [1.165, 1.54) is 7.11 Å². The number of rotatable bonds is 6. The molecular weight excluding hydrogens is 200 g/mol. The molecule has 15 heavy (non-hydrogen) atoms. The summed E-state index contributed by atoms with van der Waals surface area (Å²) in [6, 6.07) is 0. The lowest BCUT2D eigenvalue weighted by atomic mass is 10.4. The Morgan fingerprint density at radius 2 is 2.07 bits per heavy atom. The van der Waals surface area contributed by atoms with Gasteiger partial charge in [-0.1, -0.05) is 0 Å². The molecule has 0 aromatic rings. The van der Waals surface area contributed by atoms with Crippen LogP contribution in [0.3, 0.4) is 0 Å². The zero-order valence-corrected chi connectivity index (χ0v) is 8.60. The molecule has 0 aromatic carbocycles. The zero-order chi connectivity index (χ0) is 11.1. The highest BCUT2D eigenvalue weighted by Crippen LogP contribution is 2.30. The second-order valence-corrected chi connectivity index (χ2v) is 3.17. The van der Waals surface area contributed by atoms with Gasteiger partial charge in [0.2, 0.25) is 0 Å². The minimum atomic E-state index is -0.546. The molecule has 0 bridgehead atoms. The van der Waals surface area contributed by atoms with Gasteiger partial charge in [-0.05, 0) is 12.8 Å². The molecule has 0 spiro atoms. The van der Waals surface area contributed by atoms with Crippen molar-refractivity contribution >= 4 is 11.9 Å². The molecule has 84 valence electrons. The Balaban J connectivity index is 2.07. The SMILES string of the molecule is COCCOC(=O)/C=C\OC(=O)C1CC1. The van der Waals surface area contributed by atoms with Gasteiger partial charge in [0.25, 0.3) is 0 Å². The Kier molecular flexibility index (Phi) is 4.83. The largest absolute Gasteiger partial charge is 0.460 e. The maximum absolute atomic E-state index is 11.0. The minimum Gasteiger partial charge on any atom is -0.460 e. The Labute approximate surface area is 88.0 Å². The van der Waals surface area contributed by atoms with Gasteiger partial charge in [-0.2, -0.15) is 0 Å². The fraction of sp³-hybridized carbons (Fsp3) is 0.600. The van der Waals surface area contributed by atoms with Crippen molar-refractivity contribution in [1.29, 1.82) is 0 Å². The minimum absolute atomic E-state index is 0.0270. The third kappa shape index (κ3) is 5.17. The van der Waals surface area contributed by atoms with Crippen LogP contribution in [-0.2, 0) is 23.8 Å². The molecule has 0 radical (unpaired) electrons. The van der Waals surface area contributed by atoms with Gasteiger partial charge in [0.15, 0.2) is 0 Å². The van der Waals surface area contributed by atoms with Crippen LogP contribution in [-0.4, -0.2) is 32.3 Å². The third-order valence-corrected chi connectivity index (χ3v) is 1.83. The monoisotopic (exact) mass is 214 g/mol. The number of esters is 2. The molecular formula is C10H14O5. The van der Waals surface area contributed by atoms with Gasteiger partial charge >= 0.3 is 11.9 Å². The van der Waals surface area contributed by atoms with Gasteiger partial charge in [-0.25, -0.2) is 4.79 Å². The van der Waals surface area contributed by atoms with E-state index in [-0.39, 0.29) is 18.5 Å². The zero-order valence-electron chi connectivity index (χ0n) is 8.60. The molecule has 0 amide bonds. The van der Waals surface area contributed by atoms with Crippen molar-refractivity contribution in [3.05, 3.63) is 12.3 Å². The summed E-state index contributed by atoms with van der Waals surface area (Å²) in [6.45, 7) is 0.539. The first-order valence-electron chi connectivity index (χ1n) is 4.76. The Hall–Kier alpha value is -1.36. The van der Waals surface area contributed by atoms with Crippen LogP contribution in [0.2, 0.25) is 0 Å². The van der Waals surface area contributed by atoms with Crippen LogP contribution in [0.25, 0.3) is 0 Å². The predicted molar refractivity (Wildman–Crippen MR) is 50.8 cm³/mol. The van der Waals surface area contributed by atoms with Gasteiger partial charge in [0, 0.05) is 7.11 Å². The first-order chi connectivity index (χ1) is 7.24. The average Bonchev–Trinajstić information content (AvgIpc) is 3.01. The molecule has 5 nitrogen and oxygen atoms in total. The number of carbonyl (C=O) groups excluding carboxylic acids is 2. The molecule has 0 heterocycles. The molecule has 0 N–H and O–H groups in total. The summed E-state index contributed by atoms with van der Waals surface area (Å²) in [5.74, 6) is -0.800. The standard InChI is InChI=1S/C10H14O5/c1-13-6-7-14-9(11)4-5-15-10(12)8-2-3-8/h4-5,8H,2-3,6-7H2,1H3/b5-4-. The van der Waals surface area contributed by atoms with Gasteiger partial charge in [-0.15, -0.1) is 0 Å². The topological polar surface area (TPSA) is 61.8 Å². The second kappa shape index (κ2) is 6.19. The molecule has 0 unspecified atom stereocenters. The molecule has 0 aromatic heterocycles. The van der Waals surface area contributed by atoms with Crippen LogP contribution < -0.4 is 0 Å². The lowest BCUT2D eigenvalue weighted by Gasteiger charge is -1.99. The van der Waals surface area contributed by atoms with Crippen LogP contribution >= 0.6 is 0 Å². The van der Waals surface area contributed by atoms with E-state index in [4.69, 9.17) is 9.47 Å².